The first-order valence-electron chi connectivity index (χ1n) is 7.27. The second kappa shape index (κ2) is 4.19. The Morgan fingerprint density at radius 1 is 1.30 bits per heavy atom. The second-order valence-electron chi connectivity index (χ2n) is 6.14. The highest BCUT2D eigenvalue weighted by atomic mass is 19.1. The lowest BCUT2D eigenvalue weighted by Crippen LogP contribution is -2.68. The van der Waals surface area contributed by atoms with Crippen LogP contribution in [0, 0.1) is 11.7 Å². The van der Waals surface area contributed by atoms with Gasteiger partial charge in [-0.2, -0.15) is 0 Å². The highest BCUT2D eigenvalue weighted by Crippen LogP contribution is 2.44. The molecule has 3 fully saturated rings. The molecule has 4 aliphatic heterocycles. The van der Waals surface area contributed by atoms with Crippen LogP contribution in [0.5, 0.6) is 0 Å². The number of fused-ring (bicyclic) bond motifs is 2. The minimum Gasteiger partial charge on any atom is -0.369 e. The molecule has 1 unspecified atom stereocenters. The largest absolute Gasteiger partial charge is 0.369 e. The average molecular weight is 274 g/mol. The molecule has 20 heavy (non-hydrogen) atoms. The number of aliphatic imine (C=N–C) groups is 1. The molecule has 0 radical (unpaired) electrons. The monoisotopic (exact) mass is 274 g/mol. The van der Waals surface area contributed by atoms with Crippen molar-refractivity contribution in [3.8, 4) is 0 Å². The molecular formula is C15H19FN4. The van der Waals surface area contributed by atoms with Crippen LogP contribution in [0.25, 0.3) is 0 Å². The van der Waals surface area contributed by atoms with Crippen molar-refractivity contribution in [3.63, 3.8) is 0 Å². The van der Waals surface area contributed by atoms with Crippen LogP contribution in [0.2, 0.25) is 0 Å². The Balaban J connectivity index is 1.77. The third-order valence-electron chi connectivity index (χ3n) is 5.10. The Hall–Kier alpha value is -1.62. The number of piperidine rings is 3. The zero-order chi connectivity index (χ0) is 13.7. The summed E-state index contributed by atoms with van der Waals surface area (Å²) in [6, 6.07) is 6.70. The van der Waals surface area contributed by atoms with Crippen molar-refractivity contribution < 1.29 is 4.39 Å². The van der Waals surface area contributed by atoms with Crippen molar-refractivity contribution in [2.45, 2.75) is 18.4 Å². The minimum atomic E-state index is -0.223. The van der Waals surface area contributed by atoms with Crippen LogP contribution in [-0.4, -0.2) is 42.6 Å². The summed E-state index contributed by atoms with van der Waals surface area (Å²) in [6.45, 7) is 4.06. The zero-order valence-electron chi connectivity index (χ0n) is 11.4. The molecule has 0 saturated carbocycles. The Bertz CT molecular complexity index is 565. The van der Waals surface area contributed by atoms with Crippen molar-refractivity contribution in [1.29, 1.82) is 0 Å². The number of hydrogen-bond acceptors (Lipinski definition) is 4. The van der Waals surface area contributed by atoms with Gasteiger partial charge >= 0.3 is 0 Å². The molecule has 1 aromatic rings. The van der Waals surface area contributed by atoms with Gasteiger partial charge in [-0.15, -0.1) is 0 Å². The van der Waals surface area contributed by atoms with Gasteiger partial charge in [0.25, 0.3) is 0 Å². The molecule has 4 aliphatic rings. The van der Waals surface area contributed by atoms with E-state index in [1.54, 1.807) is 12.1 Å². The van der Waals surface area contributed by atoms with Gasteiger partial charge in [-0.1, -0.05) is 6.07 Å². The van der Waals surface area contributed by atoms with Crippen LogP contribution in [-0.2, 0) is 0 Å². The molecule has 3 saturated heterocycles. The fourth-order valence-corrected chi connectivity index (χ4v) is 4.17. The van der Waals surface area contributed by atoms with Gasteiger partial charge in [-0.05, 0) is 50.0 Å². The summed E-state index contributed by atoms with van der Waals surface area (Å²) >= 11 is 0. The van der Waals surface area contributed by atoms with E-state index >= 15 is 0 Å². The Kier molecular flexibility index (Phi) is 2.54. The SMILES string of the molecule is NC1=NCC2(CN3CCC2CC3)N1c1cccc(F)c1. The van der Waals surface area contributed by atoms with E-state index in [2.05, 4.69) is 14.8 Å². The first-order chi connectivity index (χ1) is 9.69. The highest BCUT2D eigenvalue weighted by Gasteiger charge is 2.54. The Morgan fingerprint density at radius 3 is 2.75 bits per heavy atom. The lowest BCUT2D eigenvalue weighted by atomic mass is 9.72. The quantitative estimate of drug-likeness (QED) is 0.842. The molecule has 1 spiro atoms. The molecular weight excluding hydrogens is 255 g/mol. The third kappa shape index (κ3) is 1.59. The van der Waals surface area contributed by atoms with Crippen LogP contribution in [0.4, 0.5) is 10.1 Å². The summed E-state index contributed by atoms with van der Waals surface area (Å²) < 4.78 is 13.6. The van der Waals surface area contributed by atoms with Crippen LogP contribution < -0.4 is 10.6 Å². The molecule has 2 bridgehead atoms. The topological polar surface area (TPSA) is 44.9 Å². The lowest BCUT2D eigenvalue weighted by Gasteiger charge is -2.55. The molecule has 4 heterocycles. The maximum Gasteiger partial charge on any atom is 0.196 e. The number of anilines is 1. The average Bonchev–Trinajstić information content (AvgIpc) is 2.77. The molecule has 0 aromatic heterocycles. The van der Waals surface area contributed by atoms with Crippen molar-refractivity contribution in [3.05, 3.63) is 30.1 Å². The minimum absolute atomic E-state index is 0.0611. The summed E-state index contributed by atoms with van der Waals surface area (Å²) in [5.41, 5.74) is 6.90. The van der Waals surface area contributed by atoms with E-state index in [-0.39, 0.29) is 11.4 Å². The number of nitrogens with two attached hydrogens (primary N) is 1. The second-order valence-corrected chi connectivity index (χ2v) is 6.14. The van der Waals surface area contributed by atoms with Gasteiger partial charge in [0.15, 0.2) is 5.96 Å². The van der Waals surface area contributed by atoms with Crippen molar-refractivity contribution in [1.82, 2.24) is 4.90 Å². The number of rotatable bonds is 1. The molecule has 0 aliphatic carbocycles. The fourth-order valence-electron chi connectivity index (χ4n) is 4.17. The van der Waals surface area contributed by atoms with E-state index in [0.29, 0.717) is 11.9 Å². The van der Waals surface area contributed by atoms with Crippen LogP contribution in [0.15, 0.2) is 29.3 Å². The van der Waals surface area contributed by atoms with Gasteiger partial charge < -0.3 is 15.5 Å². The number of hydrogen-bond donors (Lipinski definition) is 1. The molecule has 5 heteroatoms. The van der Waals surface area contributed by atoms with Gasteiger partial charge in [0.05, 0.1) is 12.1 Å². The summed E-state index contributed by atoms with van der Waals surface area (Å²) in [7, 11) is 0. The smallest absolute Gasteiger partial charge is 0.196 e. The van der Waals surface area contributed by atoms with Crippen LogP contribution in [0.1, 0.15) is 12.8 Å². The number of guanidine groups is 1. The molecule has 4 nitrogen and oxygen atoms in total. The molecule has 5 rings (SSSR count). The van der Waals surface area contributed by atoms with E-state index in [0.717, 1.165) is 18.8 Å². The van der Waals surface area contributed by atoms with Crippen LogP contribution in [0.3, 0.4) is 0 Å². The van der Waals surface area contributed by atoms with E-state index in [1.165, 1.54) is 32.0 Å². The van der Waals surface area contributed by atoms with Crippen LogP contribution >= 0.6 is 0 Å². The van der Waals surface area contributed by atoms with E-state index < -0.39 is 0 Å². The molecule has 2 N–H and O–H groups in total. The molecule has 106 valence electrons. The Morgan fingerprint density at radius 2 is 2.10 bits per heavy atom. The predicted octanol–water partition coefficient (Wildman–Crippen LogP) is 1.42. The summed E-state index contributed by atoms with van der Waals surface area (Å²) in [5.74, 6) is 0.906. The number of benzene rings is 1. The molecule has 1 atom stereocenters. The zero-order valence-corrected chi connectivity index (χ0v) is 11.4. The molecule has 0 amide bonds. The first kappa shape index (κ1) is 12.1. The van der Waals surface area contributed by atoms with Gasteiger partial charge in [-0.3, -0.25) is 4.99 Å². The number of nitrogens with zero attached hydrogens (tertiary/aromatic N) is 3. The summed E-state index contributed by atoms with van der Waals surface area (Å²) in [5, 5.41) is 0. The van der Waals surface area contributed by atoms with Crippen molar-refractivity contribution in [2.24, 2.45) is 16.6 Å². The standard InChI is InChI=1S/C15H19FN4/c16-12-2-1-3-13(8-12)20-14(17)18-9-15(20)10-19-6-4-11(15)5-7-19/h1-3,8,11H,4-7,9-10H2,(H2,17,18). The maximum atomic E-state index is 13.6. The van der Waals surface area contributed by atoms with Crippen molar-refractivity contribution >= 4 is 11.6 Å². The third-order valence-corrected chi connectivity index (χ3v) is 5.10. The Labute approximate surface area is 118 Å². The van der Waals surface area contributed by atoms with E-state index in [4.69, 9.17) is 5.73 Å². The van der Waals surface area contributed by atoms with Gasteiger partial charge in [0.1, 0.15) is 5.82 Å². The van der Waals surface area contributed by atoms with Gasteiger partial charge in [0, 0.05) is 12.2 Å². The van der Waals surface area contributed by atoms with Crippen molar-refractivity contribution in [2.75, 3.05) is 31.1 Å². The van der Waals surface area contributed by atoms with Gasteiger partial charge in [-0.25, -0.2) is 4.39 Å². The number of halogens is 1. The predicted molar refractivity (Wildman–Crippen MR) is 77.3 cm³/mol. The van der Waals surface area contributed by atoms with Gasteiger partial charge in [0.2, 0.25) is 0 Å². The summed E-state index contributed by atoms with van der Waals surface area (Å²) in [6.07, 6.45) is 2.38. The lowest BCUT2D eigenvalue weighted by molar-refractivity contribution is 0.0391. The normalized spacial score (nSPS) is 35.6. The molecule has 1 aromatic carbocycles. The first-order valence-corrected chi connectivity index (χ1v) is 7.27. The highest BCUT2D eigenvalue weighted by molar-refractivity contribution is 5.98. The maximum absolute atomic E-state index is 13.6. The fraction of sp³-hybridized carbons (Fsp3) is 0.533. The van der Waals surface area contributed by atoms with E-state index in [9.17, 15) is 4.39 Å². The summed E-state index contributed by atoms with van der Waals surface area (Å²) in [4.78, 5) is 9.07. The van der Waals surface area contributed by atoms with E-state index in [1.807, 2.05) is 6.07 Å².